The van der Waals surface area contributed by atoms with Crippen LogP contribution in [0.1, 0.15) is 19.3 Å². The molecule has 3 nitrogen and oxygen atoms in total. The molecule has 1 aliphatic heterocycles. The lowest BCUT2D eigenvalue weighted by Crippen LogP contribution is -2.35. The second kappa shape index (κ2) is 5.34. The highest BCUT2D eigenvalue weighted by atomic mass is 15.5. The maximum Gasteiger partial charge on any atom is 0.0731 e. The number of aromatic nitrogens is 1. The number of nitrogens with one attached hydrogen (secondary N) is 1. The molecule has 0 aliphatic carbocycles. The summed E-state index contributed by atoms with van der Waals surface area (Å²) in [5.74, 6) is 0. The quantitative estimate of drug-likeness (QED) is 0.711. The molecule has 3 heteroatoms. The fourth-order valence-electron chi connectivity index (χ4n) is 3.12. The molecule has 1 N–H and O–H groups in total. The fraction of sp³-hybridized carbons (Fsp3) is 0.278. The largest absolute Gasteiger partial charge is 0.317 e. The molecular weight excluding hydrogens is 258 g/mol. The third-order valence-corrected chi connectivity index (χ3v) is 4.21. The lowest BCUT2D eigenvalue weighted by molar-refractivity contribution is 0.274. The predicted octanol–water partition coefficient (Wildman–Crippen LogP) is 4.20. The number of pyridine rings is 1. The summed E-state index contributed by atoms with van der Waals surface area (Å²) in [5.41, 5.74) is 6.96. The Kier molecular flexibility index (Phi) is 3.20. The van der Waals surface area contributed by atoms with Crippen LogP contribution >= 0.6 is 0 Å². The summed E-state index contributed by atoms with van der Waals surface area (Å²) in [5, 5.41) is 4.74. The Morgan fingerprint density at radius 3 is 1.95 bits per heavy atom. The first-order valence-electron chi connectivity index (χ1n) is 7.71. The lowest BCUT2D eigenvalue weighted by Gasteiger charge is -2.29. The Morgan fingerprint density at radius 1 is 0.762 bits per heavy atom. The number of nitrogens with zero attached hydrogens (tertiary/aromatic N) is 2. The van der Waals surface area contributed by atoms with Crippen LogP contribution in [0.2, 0.25) is 0 Å². The highest BCUT2D eigenvalue weighted by molar-refractivity contribution is 6.07. The van der Waals surface area contributed by atoms with Crippen LogP contribution in [0.5, 0.6) is 0 Å². The van der Waals surface area contributed by atoms with E-state index in [0.29, 0.717) is 0 Å². The van der Waals surface area contributed by atoms with Crippen LogP contribution in [0.25, 0.3) is 21.8 Å². The first-order chi connectivity index (χ1) is 10.4. The number of piperidine rings is 1. The molecule has 4 rings (SSSR count). The Labute approximate surface area is 124 Å². The molecule has 0 amide bonds. The Hall–Kier alpha value is -2.13. The highest BCUT2D eigenvalue weighted by Crippen LogP contribution is 2.31. The van der Waals surface area contributed by atoms with Gasteiger partial charge in [-0.1, -0.05) is 42.8 Å². The van der Waals surface area contributed by atoms with Crippen molar-refractivity contribution in [1.29, 1.82) is 0 Å². The average molecular weight is 277 g/mol. The first kappa shape index (κ1) is 12.6. The number of fused-ring (bicyclic) bond motifs is 2. The van der Waals surface area contributed by atoms with Crippen LogP contribution < -0.4 is 5.43 Å². The molecule has 2 heterocycles. The van der Waals surface area contributed by atoms with Crippen molar-refractivity contribution in [2.75, 3.05) is 18.5 Å². The number of hydrogen-bond acceptors (Lipinski definition) is 3. The summed E-state index contributed by atoms with van der Waals surface area (Å²) < 4.78 is 0. The van der Waals surface area contributed by atoms with Crippen molar-refractivity contribution in [2.45, 2.75) is 19.3 Å². The standard InChI is InChI=1S/C18H19N3/c1-6-12-21(13-7-1)20-18-14-8-2-4-10-16(14)19-17-11-5-3-9-15(17)18/h2-5,8-11H,1,6-7,12-13H2,(H,19,20). The predicted molar refractivity (Wildman–Crippen MR) is 88.3 cm³/mol. The van der Waals surface area contributed by atoms with E-state index in [0.717, 1.165) is 24.1 Å². The van der Waals surface area contributed by atoms with Crippen molar-refractivity contribution in [3.05, 3.63) is 48.5 Å². The Bertz CT molecular complexity index is 722. The van der Waals surface area contributed by atoms with Crippen LogP contribution in [-0.2, 0) is 0 Å². The number of anilines is 1. The van der Waals surface area contributed by atoms with Crippen molar-refractivity contribution in [3.8, 4) is 0 Å². The van der Waals surface area contributed by atoms with E-state index >= 15 is 0 Å². The van der Waals surface area contributed by atoms with Crippen LogP contribution in [0.3, 0.4) is 0 Å². The zero-order valence-corrected chi connectivity index (χ0v) is 12.0. The third kappa shape index (κ3) is 2.34. The number of para-hydroxylation sites is 2. The van der Waals surface area contributed by atoms with Crippen molar-refractivity contribution in [1.82, 2.24) is 9.99 Å². The minimum absolute atomic E-state index is 1.05. The van der Waals surface area contributed by atoms with E-state index in [9.17, 15) is 0 Å². The van der Waals surface area contributed by atoms with E-state index in [4.69, 9.17) is 4.98 Å². The zero-order chi connectivity index (χ0) is 14.1. The van der Waals surface area contributed by atoms with Gasteiger partial charge in [-0.3, -0.25) is 0 Å². The maximum atomic E-state index is 4.77. The minimum Gasteiger partial charge on any atom is -0.317 e. The van der Waals surface area contributed by atoms with Crippen molar-refractivity contribution in [3.63, 3.8) is 0 Å². The monoisotopic (exact) mass is 277 g/mol. The van der Waals surface area contributed by atoms with Gasteiger partial charge in [-0.15, -0.1) is 0 Å². The molecule has 1 saturated heterocycles. The summed E-state index contributed by atoms with van der Waals surface area (Å²) in [6, 6.07) is 16.7. The van der Waals surface area contributed by atoms with Crippen molar-refractivity contribution >= 4 is 27.5 Å². The molecule has 2 aromatic carbocycles. The van der Waals surface area contributed by atoms with Gasteiger partial charge in [0.25, 0.3) is 0 Å². The Balaban J connectivity index is 1.89. The van der Waals surface area contributed by atoms with Gasteiger partial charge in [-0.2, -0.15) is 0 Å². The maximum absolute atomic E-state index is 4.77. The molecule has 1 aliphatic rings. The van der Waals surface area contributed by atoms with Gasteiger partial charge in [0.1, 0.15) is 0 Å². The van der Waals surface area contributed by atoms with Crippen LogP contribution in [0, 0.1) is 0 Å². The van der Waals surface area contributed by atoms with Crippen LogP contribution in [0.4, 0.5) is 5.69 Å². The van der Waals surface area contributed by atoms with Crippen molar-refractivity contribution in [2.24, 2.45) is 0 Å². The van der Waals surface area contributed by atoms with Gasteiger partial charge in [0.2, 0.25) is 0 Å². The van der Waals surface area contributed by atoms with Gasteiger partial charge >= 0.3 is 0 Å². The van der Waals surface area contributed by atoms with Gasteiger partial charge in [0.15, 0.2) is 0 Å². The molecule has 1 aromatic heterocycles. The molecule has 0 radical (unpaired) electrons. The summed E-state index contributed by atoms with van der Waals surface area (Å²) >= 11 is 0. The molecule has 21 heavy (non-hydrogen) atoms. The van der Waals surface area contributed by atoms with Crippen molar-refractivity contribution < 1.29 is 0 Å². The molecular formula is C18H19N3. The average Bonchev–Trinajstić information content (AvgIpc) is 2.55. The van der Waals surface area contributed by atoms with Crippen LogP contribution in [0.15, 0.2) is 48.5 Å². The van der Waals surface area contributed by atoms with Gasteiger partial charge in [0, 0.05) is 23.9 Å². The topological polar surface area (TPSA) is 28.2 Å². The number of benzene rings is 2. The lowest BCUT2D eigenvalue weighted by atomic mass is 10.1. The van der Waals surface area contributed by atoms with Gasteiger partial charge in [-0.05, 0) is 25.0 Å². The van der Waals surface area contributed by atoms with E-state index in [1.54, 1.807) is 0 Å². The SMILES string of the molecule is c1ccc2c(NN3CCCCC3)c3ccccc3nc2c1. The molecule has 1 fully saturated rings. The molecule has 3 aromatic rings. The van der Waals surface area contributed by atoms with E-state index in [2.05, 4.69) is 59.0 Å². The molecule has 0 bridgehead atoms. The number of rotatable bonds is 2. The molecule has 106 valence electrons. The zero-order valence-electron chi connectivity index (χ0n) is 12.0. The number of hydrogen-bond donors (Lipinski definition) is 1. The second-order valence-corrected chi connectivity index (χ2v) is 5.68. The fourth-order valence-corrected chi connectivity index (χ4v) is 3.12. The Morgan fingerprint density at radius 2 is 1.33 bits per heavy atom. The minimum atomic E-state index is 1.05. The van der Waals surface area contributed by atoms with E-state index in [1.165, 1.54) is 35.7 Å². The molecule has 0 unspecified atom stereocenters. The molecule has 0 saturated carbocycles. The van der Waals surface area contributed by atoms with Crippen LogP contribution in [-0.4, -0.2) is 23.1 Å². The normalized spacial score (nSPS) is 16.4. The van der Waals surface area contributed by atoms with Gasteiger partial charge < -0.3 is 5.43 Å². The molecule has 0 spiro atoms. The summed E-state index contributed by atoms with van der Waals surface area (Å²) in [4.78, 5) is 4.77. The van der Waals surface area contributed by atoms with E-state index in [-0.39, 0.29) is 0 Å². The highest BCUT2D eigenvalue weighted by Gasteiger charge is 2.14. The third-order valence-electron chi connectivity index (χ3n) is 4.21. The molecule has 0 atom stereocenters. The second-order valence-electron chi connectivity index (χ2n) is 5.68. The summed E-state index contributed by atoms with van der Waals surface area (Å²) in [6.07, 6.45) is 3.89. The van der Waals surface area contributed by atoms with E-state index in [1.807, 2.05) is 0 Å². The summed E-state index contributed by atoms with van der Waals surface area (Å²) in [7, 11) is 0. The van der Waals surface area contributed by atoms with Gasteiger partial charge in [0.05, 0.1) is 16.7 Å². The summed E-state index contributed by atoms with van der Waals surface area (Å²) in [6.45, 7) is 2.23. The first-order valence-corrected chi connectivity index (χ1v) is 7.71. The number of hydrazine groups is 1. The van der Waals surface area contributed by atoms with Gasteiger partial charge in [-0.25, -0.2) is 9.99 Å². The van der Waals surface area contributed by atoms with E-state index < -0.39 is 0 Å². The smallest absolute Gasteiger partial charge is 0.0731 e.